The van der Waals surface area contributed by atoms with Crippen LogP contribution >= 0.6 is 0 Å². The van der Waals surface area contributed by atoms with Crippen LogP contribution in [0.25, 0.3) is 0 Å². The van der Waals surface area contributed by atoms with E-state index in [9.17, 15) is 19.5 Å². The lowest BCUT2D eigenvalue weighted by molar-refractivity contribution is -0.295. The number of carbonyl (C=O) groups is 3. The molecule has 0 bridgehead atoms. The number of rotatable bonds is 5. The number of likely N-dealkylation sites (N-methyl/N-ethyl adjacent to an activating group) is 2. The van der Waals surface area contributed by atoms with Gasteiger partial charge in [-0.1, -0.05) is 13.8 Å². The molecule has 4 aliphatic rings. The number of Topliss-reactive ketones (excluding diaryl/α,β-unsaturated/α-hetero) is 1. The second-order valence-electron chi connectivity index (χ2n) is 15.9. The average molecular weight is 667 g/mol. The molecule has 4 aliphatic heterocycles. The molecule has 0 aliphatic carbocycles. The number of ketones is 1. The summed E-state index contributed by atoms with van der Waals surface area (Å²) in [6, 6.07) is -0.308. The zero-order valence-corrected chi connectivity index (χ0v) is 30.5. The van der Waals surface area contributed by atoms with Gasteiger partial charge >= 0.3 is 5.97 Å². The SMILES string of the molecule is CO[C@]1(C)C[C@@H](C)CN(C)C2(CCN(C(=O)[C@H]3CCCN3)CC2)COC(=O)C(C)(C)C(=O)[C@H](C)[C@H]1O[C@@H]1O[C@H](C)C[C@H](N(C)C)[C@H]1O. The Balaban J connectivity index is 1.63. The number of cyclic esters (lactones) is 1. The summed E-state index contributed by atoms with van der Waals surface area (Å²) in [7, 11) is 7.52. The lowest BCUT2D eigenvalue weighted by Gasteiger charge is -2.49. The number of hydrogen-bond acceptors (Lipinski definition) is 11. The number of carbonyl (C=O) groups excluding carboxylic acids is 3. The van der Waals surface area contributed by atoms with Gasteiger partial charge in [0.2, 0.25) is 5.91 Å². The first-order valence-electron chi connectivity index (χ1n) is 17.6. The van der Waals surface area contributed by atoms with Gasteiger partial charge in [0, 0.05) is 38.7 Å². The van der Waals surface area contributed by atoms with Gasteiger partial charge in [-0.15, -0.1) is 0 Å². The van der Waals surface area contributed by atoms with Crippen molar-refractivity contribution in [1.82, 2.24) is 20.0 Å². The number of nitrogens with zero attached hydrogens (tertiary/aromatic N) is 3. The maximum Gasteiger partial charge on any atom is 0.319 e. The minimum Gasteiger partial charge on any atom is -0.463 e. The molecule has 4 saturated heterocycles. The van der Waals surface area contributed by atoms with Gasteiger partial charge in [-0.25, -0.2) is 0 Å². The van der Waals surface area contributed by atoms with Crippen molar-refractivity contribution in [2.45, 2.75) is 128 Å². The van der Waals surface area contributed by atoms with Crippen LogP contribution < -0.4 is 5.32 Å². The second-order valence-corrected chi connectivity index (χ2v) is 15.9. The van der Waals surface area contributed by atoms with Crippen LogP contribution in [0.2, 0.25) is 0 Å². The van der Waals surface area contributed by atoms with Crippen molar-refractivity contribution in [2.75, 3.05) is 61.0 Å². The largest absolute Gasteiger partial charge is 0.463 e. The minimum absolute atomic E-state index is 0.0905. The van der Waals surface area contributed by atoms with Crippen molar-refractivity contribution in [3.8, 4) is 0 Å². The van der Waals surface area contributed by atoms with Gasteiger partial charge < -0.3 is 39.2 Å². The highest BCUT2D eigenvalue weighted by atomic mass is 16.7. The molecule has 0 aromatic heterocycles. The van der Waals surface area contributed by atoms with E-state index in [1.54, 1.807) is 27.9 Å². The topological polar surface area (TPSA) is 130 Å². The molecule has 0 unspecified atom stereocenters. The van der Waals surface area contributed by atoms with E-state index >= 15 is 0 Å². The smallest absolute Gasteiger partial charge is 0.319 e. The van der Waals surface area contributed by atoms with E-state index in [0.29, 0.717) is 45.3 Å². The minimum atomic E-state index is -1.47. The maximum atomic E-state index is 14.3. The fourth-order valence-corrected chi connectivity index (χ4v) is 8.41. The first kappa shape index (κ1) is 38.1. The summed E-state index contributed by atoms with van der Waals surface area (Å²) in [4.78, 5) is 47.5. The number of ether oxygens (including phenoxy) is 4. The number of aliphatic hydroxyl groups excluding tert-OH is 1. The van der Waals surface area contributed by atoms with E-state index in [2.05, 4.69) is 24.2 Å². The monoisotopic (exact) mass is 666 g/mol. The Bertz CT molecular complexity index is 1110. The predicted molar refractivity (Wildman–Crippen MR) is 178 cm³/mol. The highest BCUT2D eigenvalue weighted by Crippen LogP contribution is 2.40. The van der Waals surface area contributed by atoms with Crippen molar-refractivity contribution in [2.24, 2.45) is 17.3 Å². The van der Waals surface area contributed by atoms with Crippen LogP contribution in [0.1, 0.15) is 80.1 Å². The van der Waals surface area contributed by atoms with Crippen molar-refractivity contribution < 1.29 is 38.4 Å². The van der Waals surface area contributed by atoms with Crippen molar-refractivity contribution >= 4 is 17.7 Å². The Morgan fingerprint density at radius 2 is 1.77 bits per heavy atom. The molecule has 0 radical (unpaired) electrons. The third-order valence-electron chi connectivity index (χ3n) is 11.6. The van der Waals surface area contributed by atoms with Crippen LogP contribution in [0.4, 0.5) is 0 Å². The molecule has 4 rings (SSSR count). The van der Waals surface area contributed by atoms with Crippen molar-refractivity contribution in [3.05, 3.63) is 0 Å². The van der Waals surface area contributed by atoms with Gasteiger partial charge in [0.1, 0.15) is 18.1 Å². The Kier molecular flexibility index (Phi) is 12.2. The zero-order valence-electron chi connectivity index (χ0n) is 30.5. The number of aliphatic hydroxyl groups is 1. The molecule has 9 atom stereocenters. The fraction of sp³-hybridized carbons (Fsp3) is 0.914. The van der Waals surface area contributed by atoms with Crippen LogP contribution in [-0.2, 0) is 33.3 Å². The van der Waals surface area contributed by atoms with Gasteiger partial charge in [-0.2, -0.15) is 0 Å². The fourth-order valence-electron chi connectivity index (χ4n) is 8.41. The average Bonchev–Trinajstić information content (AvgIpc) is 3.57. The lowest BCUT2D eigenvalue weighted by atomic mass is 9.74. The van der Waals surface area contributed by atoms with Gasteiger partial charge in [0.05, 0.1) is 29.4 Å². The van der Waals surface area contributed by atoms with Crippen LogP contribution in [0.5, 0.6) is 0 Å². The number of piperidine rings is 1. The van der Waals surface area contributed by atoms with Gasteiger partial charge in [-0.3, -0.25) is 19.3 Å². The summed E-state index contributed by atoms with van der Waals surface area (Å²) in [6.45, 7) is 13.9. The van der Waals surface area contributed by atoms with Gasteiger partial charge in [0.25, 0.3) is 0 Å². The van der Waals surface area contributed by atoms with Crippen LogP contribution in [-0.4, -0.2) is 146 Å². The quantitative estimate of drug-likeness (QED) is 0.331. The molecular formula is C35H62N4O8. The number of hydrogen-bond donors (Lipinski definition) is 2. The Morgan fingerprint density at radius 1 is 1.11 bits per heavy atom. The molecule has 47 heavy (non-hydrogen) atoms. The van der Waals surface area contributed by atoms with Crippen molar-refractivity contribution in [1.29, 1.82) is 0 Å². The molecular weight excluding hydrogens is 604 g/mol. The zero-order chi connectivity index (χ0) is 34.9. The van der Waals surface area contributed by atoms with Gasteiger partial charge in [0.15, 0.2) is 12.1 Å². The number of esters is 1. The number of amides is 1. The first-order valence-corrected chi connectivity index (χ1v) is 17.6. The van der Waals surface area contributed by atoms with Crippen LogP contribution in [0, 0.1) is 17.3 Å². The summed E-state index contributed by atoms with van der Waals surface area (Å²) < 4.78 is 25.1. The molecule has 270 valence electrons. The Morgan fingerprint density at radius 3 is 2.34 bits per heavy atom. The van der Waals surface area contributed by atoms with Gasteiger partial charge in [-0.05, 0) is 99.8 Å². The molecule has 12 heteroatoms. The summed E-state index contributed by atoms with van der Waals surface area (Å²) >= 11 is 0. The van der Waals surface area contributed by atoms with Crippen molar-refractivity contribution in [3.63, 3.8) is 0 Å². The Labute approximate surface area is 282 Å². The molecule has 1 spiro atoms. The standard InChI is InChI=1S/C35H62N4O8/c1-22-19-34(6,44-10)29(47-31-27(40)26(37(7)8)18-23(2)46-31)24(3)28(41)33(4,5)32(43)45-21-35(38(9)20-22)13-16-39(17-14-35)30(42)25-12-11-15-36-25/h22-27,29,31,36,40H,11-21H2,1-10H3/t22-,23-,24+,25-,26+,27-,29-,31+,34-/m1/s1. The summed E-state index contributed by atoms with van der Waals surface area (Å²) in [6.07, 6.45) is 1.44. The molecule has 4 fully saturated rings. The third kappa shape index (κ3) is 8.05. The first-order chi connectivity index (χ1) is 22.0. The Hall–Kier alpha value is -1.67. The summed E-state index contributed by atoms with van der Waals surface area (Å²) in [5.74, 6) is -1.46. The molecule has 1 amide bonds. The van der Waals surface area contributed by atoms with Crippen LogP contribution in [0.15, 0.2) is 0 Å². The number of likely N-dealkylation sites (tertiary alicyclic amines) is 1. The third-order valence-corrected chi connectivity index (χ3v) is 11.6. The summed E-state index contributed by atoms with van der Waals surface area (Å²) in [5, 5.41) is 14.7. The molecule has 0 aromatic carbocycles. The molecule has 0 aromatic rings. The summed E-state index contributed by atoms with van der Waals surface area (Å²) in [5.41, 5.74) is -2.91. The van der Waals surface area contributed by atoms with E-state index in [4.69, 9.17) is 18.9 Å². The molecule has 2 N–H and O–H groups in total. The molecule has 0 saturated carbocycles. The number of methoxy groups -OCH3 is 1. The second kappa shape index (κ2) is 15.1. The van der Waals surface area contributed by atoms with Crippen LogP contribution in [0.3, 0.4) is 0 Å². The van der Waals surface area contributed by atoms with E-state index in [-0.39, 0.29) is 42.4 Å². The highest BCUT2D eigenvalue weighted by Gasteiger charge is 2.52. The van der Waals surface area contributed by atoms with E-state index in [1.807, 2.05) is 37.7 Å². The van der Waals surface area contributed by atoms with E-state index < -0.39 is 46.9 Å². The number of nitrogens with one attached hydrogen (secondary N) is 1. The van der Waals surface area contributed by atoms with E-state index in [0.717, 1.165) is 19.4 Å². The lowest BCUT2D eigenvalue weighted by Crippen LogP contribution is -2.60. The molecule has 12 nitrogen and oxygen atoms in total. The molecule has 4 heterocycles. The normalized spacial score (nSPS) is 39.3. The highest BCUT2D eigenvalue weighted by molar-refractivity contribution is 6.04. The predicted octanol–water partition coefficient (Wildman–Crippen LogP) is 2.06. The maximum absolute atomic E-state index is 14.3. The van der Waals surface area contributed by atoms with E-state index in [1.165, 1.54) is 0 Å².